The van der Waals surface area contributed by atoms with Crippen molar-refractivity contribution in [2.75, 3.05) is 39.7 Å². The maximum Gasteiger partial charge on any atom is 0.351 e. The summed E-state index contributed by atoms with van der Waals surface area (Å²) in [6.07, 6.45) is 2.47. The molecular weight excluding hydrogens is 634 g/mol. The van der Waals surface area contributed by atoms with E-state index in [9.17, 15) is 18.0 Å². The molecule has 3 aromatic rings. The number of hydrogen-bond donors (Lipinski definition) is 1. The Morgan fingerprint density at radius 3 is 2.44 bits per heavy atom. The summed E-state index contributed by atoms with van der Waals surface area (Å²) in [7, 11) is -2.52. The van der Waals surface area contributed by atoms with Gasteiger partial charge in [0.1, 0.15) is 5.75 Å². The zero-order valence-corrected chi connectivity index (χ0v) is 26.2. The predicted octanol–water partition coefficient (Wildman–Crippen LogP) is 5.18. The molecule has 0 aliphatic carbocycles. The molecule has 1 atom stereocenters. The molecule has 1 aromatic heterocycles. The van der Waals surface area contributed by atoms with E-state index in [0.717, 1.165) is 11.3 Å². The minimum absolute atomic E-state index is 0.153. The molecule has 1 unspecified atom stereocenters. The van der Waals surface area contributed by atoms with Crippen molar-refractivity contribution in [1.29, 1.82) is 0 Å². The van der Waals surface area contributed by atoms with Gasteiger partial charge in [-0.15, -0.1) is 11.3 Å². The molecule has 1 aliphatic heterocycles. The van der Waals surface area contributed by atoms with Crippen LogP contribution in [0.5, 0.6) is 11.5 Å². The van der Waals surface area contributed by atoms with Gasteiger partial charge in [-0.3, -0.25) is 0 Å². The molecule has 1 aliphatic rings. The van der Waals surface area contributed by atoms with E-state index in [4.69, 9.17) is 18.9 Å². The van der Waals surface area contributed by atoms with Crippen LogP contribution >= 0.6 is 27.3 Å². The topological polar surface area (TPSA) is 117 Å². The van der Waals surface area contributed by atoms with Crippen molar-refractivity contribution in [3.05, 3.63) is 69.5 Å². The van der Waals surface area contributed by atoms with Gasteiger partial charge in [0.2, 0.25) is 4.93 Å². The average molecular weight is 667 g/mol. The van der Waals surface area contributed by atoms with Crippen LogP contribution in [0.3, 0.4) is 0 Å². The molecule has 0 radical (unpaired) electrons. The van der Waals surface area contributed by atoms with E-state index in [0.29, 0.717) is 52.2 Å². The van der Waals surface area contributed by atoms with Gasteiger partial charge < -0.3 is 24.3 Å². The number of hydrogen-bond acceptors (Lipinski definition) is 10. The van der Waals surface area contributed by atoms with Gasteiger partial charge in [-0.25, -0.2) is 18.0 Å². The van der Waals surface area contributed by atoms with Crippen LogP contribution in [0.15, 0.2) is 59.1 Å². The zero-order valence-electron chi connectivity index (χ0n) is 23.0. The Hall–Kier alpha value is -2.93. The molecule has 1 N–H and O–H groups in total. The second-order valence-electron chi connectivity index (χ2n) is 9.45. The first-order chi connectivity index (χ1) is 19.6. The first kappa shape index (κ1) is 31.0. The summed E-state index contributed by atoms with van der Waals surface area (Å²) in [6, 6.07) is 16.1. The molecule has 0 bridgehead atoms. The summed E-state index contributed by atoms with van der Waals surface area (Å²) in [5, 5.41) is 3.30. The highest BCUT2D eigenvalue weighted by Gasteiger charge is 2.52. The van der Waals surface area contributed by atoms with E-state index in [1.54, 1.807) is 37.3 Å². The van der Waals surface area contributed by atoms with Crippen molar-refractivity contribution in [1.82, 2.24) is 5.32 Å². The average Bonchev–Trinajstić information content (AvgIpc) is 3.30. The van der Waals surface area contributed by atoms with Crippen molar-refractivity contribution in [2.24, 2.45) is 5.92 Å². The van der Waals surface area contributed by atoms with Gasteiger partial charge in [0, 0.05) is 17.7 Å². The van der Waals surface area contributed by atoms with E-state index >= 15 is 0 Å². The smallest absolute Gasteiger partial charge is 0.351 e. The molecule has 2 aromatic carbocycles. The van der Waals surface area contributed by atoms with Crippen LogP contribution < -0.4 is 14.8 Å². The Balaban J connectivity index is 1.78. The number of benzene rings is 2. The number of ether oxygens (including phenoxy) is 4. The van der Waals surface area contributed by atoms with Crippen molar-refractivity contribution in [3.63, 3.8) is 0 Å². The van der Waals surface area contributed by atoms with Crippen LogP contribution in [0, 0.1) is 5.92 Å². The quantitative estimate of drug-likeness (QED) is 0.276. The van der Waals surface area contributed by atoms with Crippen molar-refractivity contribution >= 4 is 49.0 Å². The van der Waals surface area contributed by atoms with Crippen LogP contribution in [0.4, 0.5) is 0 Å². The lowest BCUT2D eigenvalue weighted by Crippen LogP contribution is -2.51. The maximum atomic E-state index is 13.6. The maximum absolute atomic E-state index is 13.6. The Kier molecular flexibility index (Phi) is 10.1. The molecule has 2 heterocycles. The van der Waals surface area contributed by atoms with Gasteiger partial charge >= 0.3 is 11.9 Å². The fraction of sp³-hybridized carbons (Fsp3) is 0.379. The molecule has 41 heavy (non-hydrogen) atoms. The number of methoxy groups -OCH3 is 1. The lowest BCUT2D eigenvalue weighted by molar-refractivity contribution is -0.145. The zero-order chi connectivity index (χ0) is 29.6. The third-order valence-electron chi connectivity index (χ3n) is 6.79. The summed E-state index contributed by atoms with van der Waals surface area (Å²) in [5.41, 5.74) is 1.22. The molecule has 9 nitrogen and oxygen atoms in total. The van der Waals surface area contributed by atoms with Crippen LogP contribution in [0.2, 0.25) is 0 Å². The van der Waals surface area contributed by atoms with E-state index in [-0.39, 0.29) is 29.8 Å². The van der Waals surface area contributed by atoms with Gasteiger partial charge in [-0.05, 0) is 66.5 Å². The monoisotopic (exact) mass is 665 g/mol. The Bertz CT molecular complexity index is 1490. The SMILES string of the molecule is CCOC(=O)COc1c(C(=O)OC)sc(-c2cccc(OC(c3ccccc3)(C3CCNCC3)S(C)(=O)=O)c2)c1Br. The minimum atomic E-state index is -3.78. The highest BCUT2D eigenvalue weighted by atomic mass is 79.9. The number of sulfone groups is 1. The van der Waals surface area contributed by atoms with Crippen LogP contribution in [-0.2, 0) is 29.0 Å². The van der Waals surface area contributed by atoms with Crippen LogP contribution in [0.1, 0.15) is 35.0 Å². The van der Waals surface area contributed by atoms with Gasteiger partial charge in [-0.1, -0.05) is 42.5 Å². The number of carbonyl (C=O) groups excluding carboxylic acids is 2. The first-order valence-corrected chi connectivity index (χ1v) is 16.6. The summed E-state index contributed by atoms with van der Waals surface area (Å²) in [5.74, 6) is -0.981. The van der Waals surface area contributed by atoms with Gasteiger partial charge in [0.05, 0.1) is 23.1 Å². The van der Waals surface area contributed by atoms with Crippen molar-refractivity contribution in [3.8, 4) is 21.9 Å². The minimum Gasteiger partial charge on any atom is -0.479 e. The fourth-order valence-corrected chi connectivity index (χ4v) is 8.61. The first-order valence-electron chi connectivity index (χ1n) is 13.1. The molecule has 0 spiro atoms. The Morgan fingerprint density at radius 2 is 1.80 bits per heavy atom. The molecule has 1 saturated heterocycles. The van der Waals surface area contributed by atoms with Gasteiger partial charge in [0.25, 0.3) is 0 Å². The van der Waals surface area contributed by atoms with Gasteiger partial charge in [0.15, 0.2) is 27.1 Å². The van der Waals surface area contributed by atoms with Crippen molar-refractivity contribution < 1.29 is 37.0 Å². The standard InChI is InChI=1S/C29H32BrNO8S2/c1-4-37-23(32)18-38-25-24(30)26(40-27(25)28(33)36-2)19-9-8-12-22(17-19)39-29(41(3,34)35,20-10-6-5-7-11-20)21-13-15-31-16-14-21/h5-12,17,21,31H,4,13-16,18H2,1-3H3. The number of carbonyl (C=O) groups is 2. The van der Waals surface area contributed by atoms with E-state index in [1.807, 2.05) is 24.3 Å². The number of piperidine rings is 1. The number of nitrogens with one attached hydrogen (secondary N) is 1. The summed E-state index contributed by atoms with van der Waals surface area (Å²) < 4.78 is 49.9. The largest absolute Gasteiger partial charge is 0.479 e. The van der Waals surface area contributed by atoms with Crippen LogP contribution in [0.25, 0.3) is 10.4 Å². The summed E-state index contributed by atoms with van der Waals surface area (Å²) in [6.45, 7) is 2.87. The number of halogens is 1. The second kappa shape index (κ2) is 13.4. The lowest BCUT2D eigenvalue weighted by Gasteiger charge is -2.41. The highest BCUT2D eigenvalue weighted by Crippen LogP contribution is 2.48. The molecule has 4 rings (SSSR count). The van der Waals surface area contributed by atoms with E-state index in [2.05, 4.69) is 21.2 Å². The van der Waals surface area contributed by atoms with E-state index in [1.165, 1.54) is 13.4 Å². The number of thiophene rings is 1. The van der Waals surface area contributed by atoms with E-state index < -0.39 is 26.7 Å². The molecule has 1 fully saturated rings. The molecule has 0 amide bonds. The second-order valence-corrected chi connectivity index (χ2v) is 13.4. The van der Waals surface area contributed by atoms with Crippen molar-refractivity contribution in [2.45, 2.75) is 24.7 Å². The third kappa shape index (κ3) is 6.61. The highest BCUT2D eigenvalue weighted by molar-refractivity contribution is 9.10. The predicted molar refractivity (Wildman–Crippen MR) is 160 cm³/mol. The fourth-order valence-electron chi connectivity index (χ4n) is 4.99. The summed E-state index contributed by atoms with van der Waals surface area (Å²) in [4.78, 5) is 23.7. The van der Waals surface area contributed by atoms with Gasteiger partial charge in [-0.2, -0.15) is 0 Å². The van der Waals surface area contributed by atoms with Crippen LogP contribution in [-0.4, -0.2) is 60.0 Å². The number of esters is 2. The lowest BCUT2D eigenvalue weighted by atomic mass is 9.87. The molecular formula is C29H32BrNO8S2. The molecule has 0 saturated carbocycles. The summed E-state index contributed by atoms with van der Waals surface area (Å²) >= 11 is 4.64. The third-order valence-corrected chi connectivity index (χ3v) is 10.8. The molecule has 12 heteroatoms. The Labute approximate surface area is 252 Å². The normalized spacial score (nSPS) is 15.5. The number of rotatable bonds is 11. The Morgan fingerprint density at radius 1 is 1.10 bits per heavy atom. The molecule has 220 valence electrons.